The van der Waals surface area contributed by atoms with E-state index >= 15 is 0 Å². The maximum Gasteiger partial charge on any atom is 0.416 e. The Balaban J connectivity index is 3.07. The highest BCUT2D eigenvalue weighted by atomic mass is 19.4. The smallest absolute Gasteiger partial charge is 0.416 e. The van der Waals surface area contributed by atoms with Gasteiger partial charge in [0.25, 0.3) is 0 Å². The van der Waals surface area contributed by atoms with Gasteiger partial charge in [0.15, 0.2) is 0 Å². The largest absolute Gasteiger partial charge is 0.478 e. The summed E-state index contributed by atoms with van der Waals surface area (Å²) in [5.41, 5.74) is -1.85. The molecule has 0 saturated heterocycles. The van der Waals surface area contributed by atoms with Gasteiger partial charge in [-0.15, -0.1) is 0 Å². The van der Waals surface area contributed by atoms with Crippen molar-refractivity contribution < 1.29 is 27.9 Å². The molecule has 0 saturated carbocycles. The van der Waals surface area contributed by atoms with E-state index < -0.39 is 35.0 Å². The summed E-state index contributed by atoms with van der Waals surface area (Å²) in [7, 11) is 0. The van der Waals surface area contributed by atoms with Gasteiger partial charge in [-0.2, -0.15) is 13.2 Å². The predicted octanol–water partition coefficient (Wildman–Crippen LogP) is 3.32. The van der Waals surface area contributed by atoms with E-state index in [0.717, 1.165) is 6.07 Å². The second-order valence-electron chi connectivity index (χ2n) is 4.47. The molecule has 0 aliphatic carbocycles. The SMILES string of the molecule is CCC(C)NC(=O)Nc1cc(C(F)(F)F)ccc1C(=O)O. The lowest BCUT2D eigenvalue weighted by atomic mass is 10.1. The number of benzene rings is 1. The van der Waals surface area contributed by atoms with Gasteiger partial charge in [0.1, 0.15) is 0 Å². The zero-order valence-corrected chi connectivity index (χ0v) is 11.4. The first-order valence-corrected chi connectivity index (χ1v) is 6.17. The van der Waals surface area contributed by atoms with Gasteiger partial charge in [-0.1, -0.05) is 6.92 Å². The summed E-state index contributed by atoms with van der Waals surface area (Å²) >= 11 is 0. The number of halogens is 3. The Morgan fingerprint density at radius 1 is 1.33 bits per heavy atom. The molecule has 0 aliphatic rings. The average molecular weight is 304 g/mol. The minimum atomic E-state index is -4.62. The molecule has 0 aliphatic heterocycles. The fraction of sp³-hybridized carbons (Fsp3) is 0.385. The molecule has 1 unspecified atom stereocenters. The van der Waals surface area contributed by atoms with Gasteiger partial charge in [-0.05, 0) is 31.5 Å². The molecule has 0 fully saturated rings. The fourth-order valence-corrected chi connectivity index (χ4v) is 1.49. The molecule has 2 amide bonds. The number of rotatable bonds is 4. The Labute approximate surface area is 119 Å². The van der Waals surface area contributed by atoms with Crippen LogP contribution in [0, 0.1) is 0 Å². The molecule has 5 nitrogen and oxygen atoms in total. The first-order chi connectivity index (χ1) is 9.65. The maximum absolute atomic E-state index is 12.6. The summed E-state index contributed by atoms with van der Waals surface area (Å²) < 4.78 is 37.9. The molecule has 21 heavy (non-hydrogen) atoms. The third-order valence-electron chi connectivity index (χ3n) is 2.82. The number of nitrogens with one attached hydrogen (secondary N) is 2. The van der Waals surface area contributed by atoms with Crippen molar-refractivity contribution in [1.29, 1.82) is 0 Å². The lowest BCUT2D eigenvalue weighted by Gasteiger charge is -2.15. The molecule has 0 radical (unpaired) electrons. The lowest BCUT2D eigenvalue weighted by molar-refractivity contribution is -0.137. The van der Waals surface area contributed by atoms with Crippen molar-refractivity contribution in [3.8, 4) is 0 Å². The number of alkyl halides is 3. The topological polar surface area (TPSA) is 78.4 Å². The molecule has 1 atom stereocenters. The van der Waals surface area contributed by atoms with Crippen molar-refractivity contribution in [3.05, 3.63) is 29.3 Å². The second-order valence-corrected chi connectivity index (χ2v) is 4.47. The molecule has 1 aromatic rings. The van der Waals surface area contributed by atoms with E-state index in [-0.39, 0.29) is 6.04 Å². The third-order valence-corrected chi connectivity index (χ3v) is 2.82. The monoisotopic (exact) mass is 304 g/mol. The van der Waals surface area contributed by atoms with Crippen LogP contribution in [0.2, 0.25) is 0 Å². The highest BCUT2D eigenvalue weighted by Gasteiger charge is 2.31. The van der Waals surface area contributed by atoms with E-state index in [1.165, 1.54) is 0 Å². The lowest BCUT2D eigenvalue weighted by Crippen LogP contribution is -2.36. The van der Waals surface area contributed by atoms with E-state index in [9.17, 15) is 22.8 Å². The quantitative estimate of drug-likeness (QED) is 0.798. The molecule has 116 valence electrons. The number of amides is 2. The Hall–Kier alpha value is -2.25. The number of aromatic carboxylic acids is 1. The zero-order chi connectivity index (χ0) is 16.2. The molecule has 0 heterocycles. The summed E-state index contributed by atoms with van der Waals surface area (Å²) in [6.07, 6.45) is -4.00. The number of urea groups is 1. The first-order valence-electron chi connectivity index (χ1n) is 6.17. The van der Waals surface area contributed by atoms with Crippen molar-refractivity contribution in [2.75, 3.05) is 5.32 Å². The number of carbonyl (C=O) groups excluding carboxylic acids is 1. The minimum absolute atomic E-state index is 0.191. The molecular formula is C13H15F3N2O3. The van der Waals surface area contributed by atoms with Gasteiger partial charge < -0.3 is 15.7 Å². The standard InChI is InChI=1S/C13H15F3N2O3/c1-3-7(2)17-12(21)18-10-6-8(13(14,15)16)4-5-9(10)11(19)20/h4-7H,3H2,1-2H3,(H,19,20)(H2,17,18,21). The van der Waals surface area contributed by atoms with Crippen LogP contribution < -0.4 is 10.6 Å². The van der Waals surface area contributed by atoms with Crippen LogP contribution in [0.1, 0.15) is 36.2 Å². The van der Waals surface area contributed by atoms with Crippen LogP contribution in [0.3, 0.4) is 0 Å². The van der Waals surface area contributed by atoms with Crippen molar-refractivity contribution >= 4 is 17.7 Å². The Bertz CT molecular complexity index is 544. The average Bonchev–Trinajstić information content (AvgIpc) is 2.36. The second kappa shape index (κ2) is 6.47. The maximum atomic E-state index is 12.6. The summed E-state index contributed by atoms with van der Waals surface area (Å²) in [5.74, 6) is -1.43. The normalized spacial score (nSPS) is 12.6. The predicted molar refractivity (Wildman–Crippen MR) is 70.3 cm³/mol. The number of hydrogen-bond acceptors (Lipinski definition) is 2. The fourth-order valence-electron chi connectivity index (χ4n) is 1.49. The number of anilines is 1. The zero-order valence-electron chi connectivity index (χ0n) is 11.4. The van der Waals surface area contributed by atoms with Crippen LogP contribution >= 0.6 is 0 Å². The number of carboxylic acids is 1. The van der Waals surface area contributed by atoms with E-state index in [2.05, 4.69) is 10.6 Å². The molecule has 0 aromatic heterocycles. The Kier molecular flexibility index (Phi) is 5.17. The minimum Gasteiger partial charge on any atom is -0.478 e. The summed E-state index contributed by atoms with van der Waals surface area (Å²) in [6, 6.07) is 1.11. The summed E-state index contributed by atoms with van der Waals surface area (Å²) in [5, 5.41) is 13.6. The van der Waals surface area contributed by atoms with E-state index in [1.54, 1.807) is 6.92 Å². The third kappa shape index (κ3) is 4.66. The first kappa shape index (κ1) is 16.8. The molecule has 0 spiro atoms. The van der Waals surface area contributed by atoms with Gasteiger partial charge >= 0.3 is 18.2 Å². The van der Waals surface area contributed by atoms with Crippen molar-refractivity contribution in [2.24, 2.45) is 0 Å². The van der Waals surface area contributed by atoms with E-state index in [1.807, 2.05) is 6.92 Å². The Morgan fingerprint density at radius 3 is 2.43 bits per heavy atom. The van der Waals surface area contributed by atoms with Crippen LogP contribution in [0.5, 0.6) is 0 Å². The highest BCUT2D eigenvalue weighted by Crippen LogP contribution is 2.32. The summed E-state index contributed by atoms with van der Waals surface area (Å²) in [4.78, 5) is 22.6. The van der Waals surface area contributed by atoms with Gasteiger partial charge in [0.05, 0.1) is 16.8 Å². The molecule has 1 rings (SSSR count). The Morgan fingerprint density at radius 2 is 1.95 bits per heavy atom. The van der Waals surface area contributed by atoms with Crippen molar-refractivity contribution in [3.63, 3.8) is 0 Å². The molecule has 0 bridgehead atoms. The van der Waals surface area contributed by atoms with Crippen LogP contribution in [0.4, 0.5) is 23.7 Å². The van der Waals surface area contributed by atoms with Crippen LogP contribution in [0.15, 0.2) is 18.2 Å². The van der Waals surface area contributed by atoms with Gasteiger partial charge in [-0.25, -0.2) is 9.59 Å². The van der Waals surface area contributed by atoms with Crippen LogP contribution in [0.25, 0.3) is 0 Å². The van der Waals surface area contributed by atoms with E-state index in [4.69, 9.17) is 5.11 Å². The van der Waals surface area contributed by atoms with Crippen molar-refractivity contribution in [1.82, 2.24) is 5.32 Å². The van der Waals surface area contributed by atoms with Gasteiger partial charge in [0, 0.05) is 6.04 Å². The number of hydrogen-bond donors (Lipinski definition) is 3. The highest BCUT2D eigenvalue weighted by molar-refractivity contribution is 6.00. The number of carbonyl (C=O) groups is 2. The van der Waals surface area contributed by atoms with Gasteiger partial charge in [0.2, 0.25) is 0 Å². The van der Waals surface area contributed by atoms with Gasteiger partial charge in [-0.3, -0.25) is 0 Å². The van der Waals surface area contributed by atoms with Crippen molar-refractivity contribution in [2.45, 2.75) is 32.5 Å². The molecule has 1 aromatic carbocycles. The molecule has 8 heteroatoms. The molecular weight excluding hydrogens is 289 g/mol. The van der Waals surface area contributed by atoms with Crippen LogP contribution in [-0.4, -0.2) is 23.1 Å². The van der Waals surface area contributed by atoms with E-state index in [0.29, 0.717) is 18.6 Å². The van der Waals surface area contributed by atoms with Crippen LogP contribution in [-0.2, 0) is 6.18 Å². The summed E-state index contributed by atoms with van der Waals surface area (Å²) in [6.45, 7) is 3.53. The number of carboxylic acid groups (broad SMARTS) is 1. The molecule has 3 N–H and O–H groups in total.